The number of ketones is 1. The predicted molar refractivity (Wildman–Crippen MR) is 151 cm³/mol. The largest absolute Gasteiger partial charge is 0.481 e. The van der Waals surface area contributed by atoms with Crippen LogP contribution >= 0.6 is 0 Å². The molecule has 0 bridgehead atoms. The zero-order valence-corrected chi connectivity index (χ0v) is 23.2. The first-order valence-corrected chi connectivity index (χ1v) is 13.6. The SMILES string of the molecule is CC1(C)C(/C=C2\C(=O)C(/C=C3/N(CCC(=O)O)c4ccccc4C3(C)C)C2O)=[N+](CCC(=O)O)c2ccccc21. The molecular formula is C32H35N2O6+. The van der Waals surface area contributed by atoms with Gasteiger partial charge in [-0.2, -0.15) is 4.58 Å². The molecule has 2 aromatic carbocycles. The Balaban J connectivity index is 1.51. The molecule has 2 aromatic rings. The number of fused-ring (bicyclic) bond motifs is 2. The van der Waals surface area contributed by atoms with E-state index in [1.165, 1.54) is 0 Å². The van der Waals surface area contributed by atoms with E-state index in [-0.39, 0.29) is 31.7 Å². The minimum atomic E-state index is -1.03. The van der Waals surface area contributed by atoms with E-state index in [1.54, 1.807) is 12.2 Å². The van der Waals surface area contributed by atoms with Crippen LogP contribution in [0, 0.1) is 5.92 Å². The zero-order valence-electron chi connectivity index (χ0n) is 23.2. The van der Waals surface area contributed by atoms with Gasteiger partial charge in [-0.3, -0.25) is 14.4 Å². The predicted octanol–water partition coefficient (Wildman–Crippen LogP) is 4.18. The van der Waals surface area contributed by atoms with Crippen molar-refractivity contribution in [1.82, 2.24) is 0 Å². The molecule has 1 aliphatic carbocycles. The van der Waals surface area contributed by atoms with Gasteiger partial charge in [0.2, 0.25) is 5.69 Å². The molecule has 208 valence electrons. The molecule has 8 heteroatoms. The molecule has 2 atom stereocenters. The van der Waals surface area contributed by atoms with Crippen molar-refractivity contribution in [3.63, 3.8) is 0 Å². The van der Waals surface area contributed by atoms with E-state index in [0.29, 0.717) is 5.57 Å². The number of Topliss-reactive ketones (excluding diaryl/α,β-unsaturated/α-hetero) is 1. The molecule has 0 spiro atoms. The average Bonchev–Trinajstić information content (AvgIpc) is 3.26. The second-order valence-corrected chi connectivity index (χ2v) is 11.7. The van der Waals surface area contributed by atoms with Crippen LogP contribution in [-0.2, 0) is 25.2 Å². The summed E-state index contributed by atoms with van der Waals surface area (Å²) in [6, 6.07) is 15.6. The van der Waals surface area contributed by atoms with Crippen LogP contribution in [0.1, 0.15) is 51.7 Å². The van der Waals surface area contributed by atoms with E-state index in [2.05, 4.69) is 0 Å². The normalized spacial score (nSPS) is 24.3. The number of carbonyl (C=O) groups excluding carboxylic acids is 1. The summed E-state index contributed by atoms with van der Waals surface area (Å²) >= 11 is 0. The lowest BCUT2D eigenvalue weighted by Gasteiger charge is -2.35. The van der Waals surface area contributed by atoms with Crippen molar-refractivity contribution in [2.24, 2.45) is 5.92 Å². The first-order valence-electron chi connectivity index (χ1n) is 13.6. The molecule has 0 amide bonds. The van der Waals surface area contributed by atoms with Crippen molar-refractivity contribution >= 4 is 34.8 Å². The number of anilines is 1. The van der Waals surface area contributed by atoms with Gasteiger partial charge in [0.1, 0.15) is 6.42 Å². The highest BCUT2D eigenvalue weighted by molar-refractivity contribution is 6.14. The molecule has 40 heavy (non-hydrogen) atoms. The fourth-order valence-corrected chi connectivity index (χ4v) is 6.36. The van der Waals surface area contributed by atoms with Gasteiger partial charge in [-0.1, -0.05) is 56.3 Å². The van der Waals surface area contributed by atoms with Gasteiger partial charge in [-0.05, 0) is 25.5 Å². The summed E-state index contributed by atoms with van der Waals surface area (Å²) < 4.78 is 1.94. The second-order valence-electron chi connectivity index (χ2n) is 11.7. The molecule has 2 aliphatic heterocycles. The van der Waals surface area contributed by atoms with Crippen LogP contribution in [0.5, 0.6) is 0 Å². The number of para-hydroxylation sites is 2. The Hall–Kier alpha value is -4.04. The smallest absolute Gasteiger partial charge is 0.309 e. The van der Waals surface area contributed by atoms with Gasteiger partial charge in [0.05, 0.1) is 23.9 Å². The Kier molecular flexibility index (Phi) is 6.78. The third kappa shape index (κ3) is 4.36. The number of aliphatic hydroxyl groups is 1. The number of benzene rings is 2. The summed E-state index contributed by atoms with van der Waals surface area (Å²) in [5.74, 6) is -2.77. The van der Waals surface area contributed by atoms with Gasteiger partial charge < -0.3 is 20.2 Å². The number of hydrogen-bond acceptors (Lipinski definition) is 5. The Morgan fingerprint density at radius 1 is 0.925 bits per heavy atom. The van der Waals surface area contributed by atoms with Crippen LogP contribution < -0.4 is 4.90 Å². The Bertz CT molecular complexity index is 1510. The molecular weight excluding hydrogens is 508 g/mol. The van der Waals surface area contributed by atoms with Gasteiger partial charge in [0.25, 0.3) is 0 Å². The molecule has 3 N–H and O–H groups in total. The Morgan fingerprint density at radius 3 is 2.20 bits per heavy atom. The number of hydrogen-bond donors (Lipinski definition) is 3. The molecule has 8 nitrogen and oxygen atoms in total. The molecule has 5 rings (SSSR count). The quantitative estimate of drug-likeness (QED) is 0.338. The molecule has 1 fully saturated rings. The van der Waals surface area contributed by atoms with E-state index < -0.39 is 34.8 Å². The summed E-state index contributed by atoms with van der Waals surface area (Å²) in [5.41, 5.74) is 4.79. The lowest BCUT2D eigenvalue weighted by atomic mass is 9.71. The second kappa shape index (κ2) is 9.86. The van der Waals surface area contributed by atoms with Gasteiger partial charge in [-0.15, -0.1) is 0 Å². The number of nitrogens with zero attached hydrogens (tertiary/aromatic N) is 2. The summed E-state index contributed by atoms with van der Waals surface area (Å²) in [7, 11) is 0. The number of rotatable bonds is 8. The maximum atomic E-state index is 13.5. The summed E-state index contributed by atoms with van der Waals surface area (Å²) in [6.45, 7) is 8.65. The fraction of sp³-hybridized carbons (Fsp3) is 0.375. The van der Waals surface area contributed by atoms with E-state index in [9.17, 15) is 29.7 Å². The van der Waals surface area contributed by atoms with Crippen molar-refractivity contribution < 1.29 is 34.3 Å². The first kappa shape index (κ1) is 27.5. The van der Waals surface area contributed by atoms with Crippen LogP contribution in [0.4, 0.5) is 11.4 Å². The molecule has 2 unspecified atom stereocenters. The number of carboxylic acid groups (broad SMARTS) is 2. The number of aliphatic carboxylic acids is 2. The number of carboxylic acids is 2. The van der Waals surface area contributed by atoms with E-state index in [1.807, 2.05) is 85.7 Å². The molecule has 3 aliphatic rings. The topological polar surface area (TPSA) is 118 Å². The number of carbonyl (C=O) groups is 3. The Morgan fingerprint density at radius 2 is 1.55 bits per heavy atom. The van der Waals surface area contributed by atoms with Crippen LogP contribution in [0.25, 0.3) is 0 Å². The minimum absolute atomic E-state index is 0.0613. The van der Waals surface area contributed by atoms with Crippen LogP contribution in [0.3, 0.4) is 0 Å². The molecule has 0 saturated heterocycles. The Labute approximate surface area is 233 Å². The first-order chi connectivity index (χ1) is 18.9. The monoisotopic (exact) mass is 543 g/mol. The van der Waals surface area contributed by atoms with Crippen molar-refractivity contribution in [2.45, 2.75) is 57.5 Å². The summed E-state index contributed by atoms with van der Waals surface area (Å²) in [6.07, 6.45) is 2.38. The third-order valence-corrected chi connectivity index (χ3v) is 8.57. The fourth-order valence-electron chi connectivity index (χ4n) is 6.36. The molecule has 0 aromatic heterocycles. The van der Waals surface area contributed by atoms with Crippen molar-refractivity contribution in [3.8, 4) is 0 Å². The van der Waals surface area contributed by atoms with Gasteiger partial charge >= 0.3 is 11.9 Å². The van der Waals surface area contributed by atoms with Crippen molar-refractivity contribution in [3.05, 3.63) is 83.1 Å². The highest BCUT2D eigenvalue weighted by atomic mass is 16.4. The maximum absolute atomic E-state index is 13.5. The van der Waals surface area contributed by atoms with Gasteiger partial charge in [-0.25, -0.2) is 0 Å². The highest BCUT2D eigenvalue weighted by Gasteiger charge is 2.50. The number of aliphatic hydroxyl groups excluding tert-OH is 1. The van der Waals surface area contributed by atoms with Gasteiger partial charge in [0.15, 0.2) is 18.0 Å². The van der Waals surface area contributed by atoms with Crippen molar-refractivity contribution in [1.29, 1.82) is 0 Å². The van der Waals surface area contributed by atoms with E-state index in [0.717, 1.165) is 33.9 Å². The average molecular weight is 544 g/mol. The lowest BCUT2D eigenvalue weighted by molar-refractivity contribution is -0.436. The lowest BCUT2D eigenvalue weighted by Crippen LogP contribution is -2.46. The molecule has 2 heterocycles. The molecule has 0 radical (unpaired) electrons. The maximum Gasteiger partial charge on any atom is 0.309 e. The van der Waals surface area contributed by atoms with Crippen LogP contribution in [0.15, 0.2) is 72.0 Å². The molecule has 1 saturated carbocycles. The standard InChI is InChI=1S/C32H34N2O6/c1-31(2)21-9-5-7-11-23(21)33(15-13-27(35)36)25(31)17-19-29(39)20(30(19)40)18-26-32(3,4)22-10-6-8-12-24(22)34(26)16-14-28(37)38/h5-12,17-19,29,39H,13-16H2,1-4H3,(H-,35,36,37,38)/p+1/b20-18-,25-17+. The van der Waals surface area contributed by atoms with Crippen LogP contribution in [0.2, 0.25) is 0 Å². The highest BCUT2D eigenvalue weighted by Crippen LogP contribution is 2.49. The zero-order chi connectivity index (χ0) is 29.0. The minimum Gasteiger partial charge on any atom is -0.481 e. The van der Waals surface area contributed by atoms with E-state index >= 15 is 0 Å². The number of allylic oxidation sites excluding steroid dienone is 2. The van der Waals surface area contributed by atoms with Crippen molar-refractivity contribution in [2.75, 3.05) is 18.0 Å². The summed E-state index contributed by atoms with van der Waals surface area (Å²) in [4.78, 5) is 38.3. The van der Waals surface area contributed by atoms with E-state index in [4.69, 9.17) is 0 Å². The summed E-state index contributed by atoms with van der Waals surface area (Å²) in [5, 5.41) is 30.0. The van der Waals surface area contributed by atoms with Crippen LogP contribution in [-0.4, -0.2) is 62.5 Å². The third-order valence-electron chi connectivity index (χ3n) is 8.57. The van der Waals surface area contributed by atoms with Gasteiger partial charge in [0, 0.05) is 46.6 Å².